The number of nitrogens with one attached hydrogen (secondary N) is 1. The molecule has 0 fully saturated rings. The van der Waals surface area contributed by atoms with E-state index in [9.17, 15) is 8.42 Å². The summed E-state index contributed by atoms with van der Waals surface area (Å²) >= 11 is 0. The quantitative estimate of drug-likeness (QED) is 0.193. The van der Waals surface area contributed by atoms with Crippen molar-refractivity contribution in [2.45, 2.75) is 46.1 Å². The monoisotopic (exact) mass is 293 g/mol. The molecule has 0 aromatic carbocycles. The fraction of sp³-hybridized carbons (Fsp3) is 0.917. The average Bonchev–Trinajstić information content (AvgIpc) is 2.24. The highest BCUT2D eigenvalue weighted by Gasteiger charge is 2.22. The molecule has 0 heterocycles. The van der Waals surface area contributed by atoms with Gasteiger partial charge in [0, 0.05) is 17.7 Å². The molecule has 0 radical (unpaired) electrons. The summed E-state index contributed by atoms with van der Waals surface area (Å²) in [5.41, 5.74) is 5.29. The summed E-state index contributed by atoms with van der Waals surface area (Å²) in [5, 5.41) is 14.9. The Labute approximate surface area is 116 Å². The van der Waals surface area contributed by atoms with Crippen LogP contribution in [0, 0.1) is 5.41 Å². The molecule has 0 rings (SSSR count). The molecule has 0 saturated carbocycles. The summed E-state index contributed by atoms with van der Waals surface area (Å²) in [5.74, 6) is 0.397. The molecule has 0 aliphatic heterocycles. The van der Waals surface area contributed by atoms with Gasteiger partial charge in [0.2, 0.25) is 0 Å². The summed E-state index contributed by atoms with van der Waals surface area (Å²) in [7, 11) is -2.93. The molecule has 0 saturated heterocycles. The lowest BCUT2D eigenvalue weighted by atomic mass is 9.86. The third kappa shape index (κ3) is 8.83. The third-order valence-corrected chi connectivity index (χ3v) is 4.18. The Kier molecular flexibility index (Phi) is 7.36. The van der Waals surface area contributed by atoms with E-state index in [1.807, 2.05) is 20.8 Å². The van der Waals surface area contributed by atoms with E-state index < -0.39 is 9.84 Å². The molecule has 6 nitrogen and oxygen atoms in total. The van der Waals surface area contributed by atoms with Gasteiger partial charge in [-0.05, 0) is 26.3 Å². The molecule has 0 amide bonds. The van der Waals surface area contributed by atoms with E-state index in [1.54, 1.807) is 0 Å². The fourth-order valence-corrected chi connectivity index (χ4v) is 2.84. The highest BCUT2D eigenvalue weighted by atomic mass is 32.2. The minimum Gasteiger partial charge on any atom is -0.409 e. The van der Waals surface area contributed by atoms with Crippen LogP contribution in [0.25, 0.3) is 0 Å². The van der Waals surface area contributed by atoms with Gasteiger partial charge in [-0.25, -0.2) is 8.42 Å². The molecule has 19 heavy (non-hydrogen) atoms. The van der Waals surface area contributed by atoms with E-state index >= 15 is 0 Å². The van der Waals surface area contributed by atoms with Crippen molar-refractivity contribution in [3.05, 3.63) is 0 Å². The van der Waals surface area contributed by atoms with Gasteiger partial charge in [0.1, 0.15) is 15.7 Å². The number of amidine groups is 1. The normalized spacial score (nSPS) is 15.5. The van der Waals surface area contributed by atoms with Crippen molar-refractivity contribution < 1.29 is 13.6 Å². The second-order valence-corrected chi connectivity index (χ2v) is 7.96. The van der Waals surface area contributed by atoms with Crippen LogP contribution in [0.5, 0.6) is 0 Å². The average molecular weight is 293 g/mol. The molecule has 4 N–H and O–H groups in total. The first kappa shape index (κ1) is 18.2. The first-order chi connectivity index (χ1) is 8.58. The molecule has 1 atom stereocenters. The summed E-state index contributed by atoms with van der Waals surface area (Å²) < 4.78 is 22.2. The maximum absolute atomic E-state index is 11.1. The third-order valence-electron chi connectivity index (χ3n) is 3.08. The zero-order valence-corrected chi connectivity index (χ0v) is 13.1. The number of hydrogen-bond acceptors (Lipinski definition) is 5. The van der Waals surface area contributed by atoms with Gasteiger partial charge in [-0.15, -0.1) is 0 Å². The summed E-state index contributed by atoms with van der Waals surface area (Å²) in [6.45, 7) is 6.49. The van der Waals surface area contributed by atoms with E-state index in [-0.39, 0.29) is 23.0 Å². The number of rotatable bonds is 9. The second kappa shape index (κ2) is 7.69. The van der Waals surface area contributed by atoms with E-state index in [1.165, 1.54) is 6.26 Å². The Bertz CT molecular complexity index is 391. The Morgan fingerprint density at radius 1 is 1.42 bits per heavy atom. The lowest BCUT2D eigenvalue weighted by molar-refractivity contribution is 0.304. The zero-order valence-electron chi connectivity index (χ0n) is 12.3. The Morgan fingerprint density at radius 3 is 2.47 bits per heavy atom. The maximum atomic E-state index is 11.1. The molecule has 7 heteroatoms. The van der Waals surface area contributed by atoms with Crippen molar-refractivity contribution in [1.29, 1.82) is 0 Å². The molecule has 0 spiro atoms. The van der Waals surface area contributed by atoms with Gasteiger partial charge >= 0.3 is 0 Å². The fourth-order valence-electron chi connectivity index (χ4n) is 1.82. The smallest absolute Gasteiger partial charge is 0.148 e. The Morgan fingerprint density at radius 2 is 2.00 bits per heavy atom. The van der Waals surface area contributed by atoms with Gasteiger partial charge in [0.05, 0.1) is 5.75 Å². The van der Waals surface area contributed by atoms with Crippen LogP contribution in [-0.4, -0.2) is 44.1 Å². The molecular formula is C12H27N3O3S. The van der Waals surface area contributed by atoms with Crippen LogP contribution < -0.4 is 11.1 Å². The highest BCUT2D eigenvalue weighted by molar-refractivity contribution is 7.90. The van der Waals surface area contributed by atoms with E-state index in [2.05, 4.69) is 10.5 Å². The number of hydrogen-bond donors (Lipinski definition) is 3. The topological polar surface area (TPSA) is 105 Å². The SMILES string of the molecule is CC(CS(C)(=O)=O)NCCCCC(C)(C)C(N)=NO. The predicted octanol–water partition coefficient (Wildman–Crippen LogP) is 0.952. The van der Waals surface area contributed by atoms with Crippen molar-refractivity contribution in [3.8, 4) is 0 Å². The van der Waals surface area contributed by atoms with Gasteiger partial charge in [0.25, 0.3) is 0 Å². The van der Waals surface area contributed by atoms with Crippen molar-refractivity contribution in [2.75, 3.05) is 18.6 Å². The van der Waals surface area contributed by atoms with Gasteiger partial charge in [-0.3, -0.25) is 0 Å². The van der Waals surface area contributed by atoms with Crippen molar-refractivity contribution in [2.24, 2.45) is 16.3 Å². The molecule has 0 bridgehead atoms. The molecule has 0 aromatic heterocycles. The van der Waals surface area contributed by atoms with Crippen LogP contribution in [0.1, 0.15) is 40.0 Å². The van der Waals surface area contributed by atoms with E-state index in [4.69, 9.17) is 10.9 Å². The second-order valence-electron chi connectivity index (χ2n) is 5.77. The van der Waals surface area contributed by atoms with Crippen LogP contribution >= 0.6 is 0 Å². The lowest BCUT2D eigenvalue weighted by Crippen LogP contribution is -2.34. The van der Waals surface area contributed by atoms with E-state index in [0.717, 1.165) is 25.8 Å². The van der Waals surface area contributed by atoms with Crippen molar-refractivity contribution in [1.82, 2.24) is 5.32 Å². The van der Waals surface area contributed by atoms with Gasteiger partial charge < -0.3 is 16.3 Å². The largest absolute Gasteiger partial charge is 0.409 e. The highest BCUT2D eigenvalue weighted by Crippen LogP contribution is 2.23. The lowest BCUT2D eigenvalue weighted by Gasteiger charge is -2.22. The standard InChI is InChI=1S/C12H27N3O3S/c1-10(9-19(4,17)18)14-8-6-5-7-12(2,3)11(13)15-16/h10,14,16H,5-9H2,1-4H3,(H2,13,15). The maximum Gasteiger partial charge on any atom is 0.148 e. The zero-order chi connectivity index (χ0) is 15.1. The molecule has 114 valence electrons. The molecule has 1 unspecified atom stereocenters. The number of sulfone groups is 1. The van der Waals surface area contributed by atoms with E-state index in [0.29, 0.717) is 0 Å². The molecule has 0 aromatic rings. The van der Waals surface area contributed by atoms with Crippen molar-refractivity contribution in [3.63, 3.8) is 0 Å². The van der Waals surface area contributed by atoms with Gasteiger partial charge in [0.15, 0.2) is 0 Å². The first-order valence-electron chi connectivity index (χ1n) is 6.47. The summed E-state index contributed by atoms with van der Waals surface area (Å²) in [6, 6.07) is -0.0351. The summed E-state index contributed by atoms with van der Waals surface area (Å²) in [6.07, 6.45) is 3.92. The Hall–Kier alpha value is -0.820. The minimum absolute atomic E-state index is 0.0351. The molecular weight excluding hydrogens is 266 g/mol. The number of nitrogens with two attached hydrogens (primary N) is 1. The number of oxime groups is 1. The molecule has 0 aliphatic rings. The van der Waals surface area contributed by atoms with Crippen LogP contribution in [0.15, 0.2) is 5.16 Å². The van der Waals surface area contributed by atoms with Crippen molar-refractivity contribution >= 4 is 15.7 Å². The van der Waals surface area contributed by atoms with Crippen LogP contribution in [0.4, 0.5) is 0 Å². The Balaban J connectivity index is 3.83. The van der Waals surface area contributed by atoms with Gasteiger partial charge in [-0.1, -0.05) is 25.4 Å². The summed E-state index contributed by atoms with van der Waals surface area (Å²) in [4.78, 5) is 0. The minimum atomic E-state index is -2.93. The van der Waals surface area contributed by atoms with Crippen LogP contribution in [-0.2, 0) is 9.84 Å². The first-order valence-corrected chi connectivity index (χ1v) is 8.53. The van der Waals surface area contributed by atoms with Gasteiger partial charge in [-0.2, -0.15) is 0 Å². The molecule has 0 aliphatic carbocycles. The number of nitrogens with zero attached hydrogens (tertiary/aromatic N) is 1. The number of unbranched alkanes of at least 4 members (excludes halogenated alkanes) is 1. The predicted molar refractivity (Wildman–Crippen MR) is 78.2 cm³/mol. The van der Waals surface area contributed by atoms with Crippen LogP contribution in [0.3, 0.4) is 0 Å². The van der Waals surface area contributed by atoms with Crippen LogP contribution in [0.2, 0.25) is 0 Å².